The second-order valence-corrected chi connectivity index (χ2v) is 5.84. The van der Waals surface area contributed by atoms with Crippen molar-refractivity contribution in [3.05, 3.63) is 64.2 Å². The van der Waals surface area contributed by atoms with E-state index in [2.05, 4.69) is 12.1 Å². The summed E-state index contributed by atoms with van der Waals surface area (Å²) in [5, 5.41) is 9.46. The largest absolute Gasteiger partial charge is 0.478 e. The summed E-state index contributed by atoms with van der Waals surface area (Å²) in [4.78, 5) is 11.5. The number of carboxylic acids is 1. The Morgan fingerprint density at radius 2 is 1.55 bits per heavy atom. The molecule has 3 nitrogen and oxygen atoms in total. The molecule has 0 aromatic heterocycles. The van der Waals surface area contributed by atoms with Crippen LogP contribution in [0.15, 0.2) is 36.4 Å². The van der Waals surface area contributed by atoms with Crippen LogP contribution in [0.2, 0.25) is 0 Å². The van der Waals surface area contributed by atoms with E-state index in [1.54, 1.807) is 12.1 Å². The molecule has 0 bridgehead atoms. The number of aliphatic carboxylic acids is 1. The quantitative estimate of drug-likeness (QED) is 0.907. The second-order valence-electron chi connectivity index (χ2n) is 5.84. The molecular formula is C19H22O3. The lowest BCUT2D eigenvalue weighted by Gasteiger charge is -2.18. The number of benzene rings is 2. The minimum atomic E-state index is -0.944. The van der Waals surface area contributed by atoms with E-state index in [1.165, 1.54) is 5.56 Å². The van der Waals surface area contributed by atoms with Crippen molar-refractivity contribution in [2.45, 2.75) is 40.2 Å². The van der Waals surface area contributed by atoms with Gasteiger partial charge in [-0.1, -0.05) is 35.4 Å². The molecule has 2 rings (SSSR count). The standard InChI is InChI=1S/C19H22O3/c1-12-5-7-16(8-6-12)22-18(19(20)21)11-17-14(3)9-13(2)10-15(17)4/h5-10,18H,11H2,1-4H3,(H,20,21)/t18-/m1/s1. The van der Waals surface area contributed by atoms with Crippen molar-refractivity contribution in [2.75, 3.05) is 0 Å². The van der Waals surface area contributed by atoms with Gasteiger partial charge in [-0.25, -0.2) is 4.79 Å². The summed E-state index contributed by atoms with van der Waals surface area (Å²) in [6, 6.07) is 11.6. The Bertz CT molecular complexity index is 649. The van der Waals surface area contributed by atoms with Crippen molar-refractivity contribution in [1.82, 2.24) is 0 Å². The third-order valence-electron chi connectivity index (χ3n) is 3.80. The van der Waals surface area contributed by atoms with Crippen LogP contribution in [0.4, 0.5) is 0 Å². The van der Waals surface area contributed by atoms with Crippen LogP contribution in [0.25, 0.3) is 0 Å². The van der Waals surface area contributed by atoms with E-state index in [0.29, 0.717) is 12.2 Å². The molecule has 1 N–H and O–H groups in total. The molecule has 0 spiro atoms. The van der Waals surface area contributed by atoms with E-state index in [1.807, 2.05) is 39.8 Å². The number of carboxylic acid groups (broad SMARTS) is 1. The molecule has 3 heteroatoms. The second kappa shape index (κ2) is 6.65. The molecule has 1 atom stereocenters. The Morgan fingerprint density at radius 1 is 1.00 bits per heavy atom. The van der Waals surface area contributed by atoms with E-state index in [4.69, 9.17) is 4.74 Å². The third kappa shape index (κ3) is 3.88. The van der Waals surface area contributed by atoms with Crippen LogP contribution in [0.1, 0.15) is 27.8 Å². The predicted octanol–water partition coefficient (Wildman–Crippen LogP) is 3.99. The van der Waals surface area contributed by atoms with Crippen molar-refractivity contribution in [3.63, 3.8) is 0 Å². The van der Waals surface area contributed by atoms with E-state index in [-0.39, 0.29) is 0 Å². The SMILES string of the molecule is Cc1ccc(O[C@H](Cc2c(C)cc(C)cc2C)C(=O)O)cc1. The summed E-state index contributed by atoms with van der Waals surface area (Å²) in [6.07, 6.45) is -0.524. The normalized spacial score (nSPS) is 12.0. The van der Waals surface area contributed by atoms with E-state index in [9.17, 15) is 9.90 Å². The van der Waals surface area contributed by atoms with Gasteiger partial charge in [-0.3, -0.25) is 0 Å². The summed E-state index contributed by atoms with van der Waals surface area (Å²) in [6.45, 7) is 8.05. The lowest BCUT2D eigenvalue weighted by atomic mass is 9.95. The van der Waals surface area contributed by atoms with Gasteiger partial charge in [-0.05, 0) is 56.5 Å². The Balaban J connectivity index is 2.23. The third-order valence-corrected chi connectivity index (χ3v) is 3.80. The maximum absolute atomic E-state index is 11.5. The average molecular weight is 298 g/mol. The number of hydrogen-bond acceptors (Lipinski definition) is 2. The Labute approximate surface area is 131 Å². The number of carbonyl (C=O) groups is 1. The van der Waals surface area contributed by atoms with E-state index >= 15 is 0 Å². The van der Waals surface area contributed by atoms with Crippen LogP contribution in [0.3, 0.4) is 0 Å². The summed E-state index contributed by atoms with van der Waals surface area (Å²) in [5.74, 6) is -0.361. The minimum Gasteiger partial charge on any atom is -0.478 e. The summed E-state index contributed by atoms with van der Waals surface area (Å²) >= 11 is 0. The highest BCUT2D eigenvalue weighted by atomic mass is 16.5. The van der Waals surface area contributed by atoms with Crippen molar-refractivity contribution in [2.24, 2.45) is 0 Å². The summed E-state index contributed by atoms with van der Waals surface area (Å²) in [7, 11) is 0. The first-order valence-corrected chi connectivity index (χ1v) is 7.39. The van der Waals surface area contributed by atoms with Gasteiger partial charge >= 0.3 is 5.97 Å². The molecule has 0 radical (unpaired) electrons. The van der Waals surface area contributed by atoms with Crippen LogP contribution in [-0.2, 0) is 11.2 Å². The van der Waals surface area contributed by atoms with Crippen LogP contribution in [0.5, 0.6) is 5.75 Å². The fraction of sp³-hybridized carbons (Fsp3) is 0.316. The van der Waals surface area contributed by atoms with Gasteiger partial charge in [-0.2, -0.15) is 0 Å². The van der Waals surface area contributed by atoms with Gasteiger partial charge in [0.25, 0.3) is 0 Å². The predicted molar refractivity (Wildman–Crippen MR) is 87.6 cm³/mol. The van der Waals surface area contributed by atoms with Gasteiger partial charge in [0, 0.05) is 6.42 Å². The maximum atomic E-state index is 11.5. The lowest BCUT2D eigenvalue weighted by Crippen LogP contribution is -2.30. The highest BCUT2D eigenvalue weighted by Crippen LogP contribution is 2.21. The Hall–Kier alpha value is -2.29. The van der Waals surface area contributed by atoms with Crippen LogP contribution in [-0.4, -0.2) is 17.2 Å². The molecule has 2 aromatic carbocycles. The smallest absolute Gasteiger partial charge is 0.345 e. The molecule has 0 aliphatic rings. The number of aryl methyl sites for hydroxylation is 4. The zero-order chi connectivity index (χ0) is 16.3. The molecule has 0 saturated carbocycles. The maximum Gasteiger partial charge on any atom is 0.345 e. The van der Waals surface area contributed by atoms with Crippen molar-refractivity contribution in [1.29, 1.82) is 0 Å². The van der Waals surface area contributed by atoms with Crippen molar-refractivity contribution in [3.8, 4) is 5.75 Å². The fourth-order valence-corrected chi connectivity index (χ4v) is 2.68. The van der Waals surface area contributed by atoms with Gasteiger partial charge in [0.1, 0.15) is 5.75 Å². The molecule has 0 unspecified atom stereocenters. The van der Waals surface area contributed by atoms with E-state index in [0.717, 1.165) is 22.3 Å². The first-order valence-electron chi connectivity index (χ1n) is 7.39. The number of rotatable bonds is 5. The first-order chi connectivity index (χ1) is 10.4. The molecule has 0 aliphatic carbocycles. The van der Waals surface area contributed by atoms with Crippen molar-refractivity contribution >= 4 is 5.97 Å². The number of hydrogen-bond donors (Lipinski definition) is 1. The number of ether oxygens (including phenoxy) is 1. The monoisotopic (exact) mass is 298 g/mol. The first kappa shape index (κ1) is 16.1. The molecular weight excluding hydrogens is 276 g/mol. The van der Waals surface area contributed by atoms with Gasteiger partial charge in [-0.15, -0.1) is 0 Å². The lowest BCUT2D eigenvalue weighted by molar-refractivity contribution is -0.145. The van der Waals surface area contributed by atoms with Gasteiger partial charge < -0.3 is 9.84 Å². The van der Waals surface area contributed by atoms with Crippen LogP contribution < -0.4 is 4.74 Å². The average Bonchev–Trinajstić information content (AvgIpc) is 2.43. The minimum absolute atomic E-state index is 0.362. The Kier molecular flexibility index (Phi) is 4.86. The van der Waals surface area contributed by atoms with Gasteiger partial charge in [0.05, 0.1) is 0 Å². The van der Waals surface area contributed by atoms with E-state index < -0.39 is 12.1 Å². The highest BCUT2D eigenvalue weighted by molar-refractivity contribution is 5.73. The Morgan fingerprint density at radius 3 is 2.05 bits per heavy atom. The van der Waals surface area contributed by atoms with Crippen LogP contribution in [0, 0.1) is 27.7 Å². The molecule has 0 fully saturated rings. The molecule has 0 aliphatic heterocycles. The fourth-order valence-electron chi connectivity index (χ4n) is 2.68. The molecule has 0 amide bonds. The summed E-state index contributed by atoms with van der Waals surface area (Å²) < 4.78 is 5.68. The molecule has 0 heterocycles. The highest BCUT2D eigenvalue weighted by Gasteiger charge is 2.22. The van der Waals surface area contributed by atoms with Gasteiger partial charge in [0.2, 0.25) is 0 Å². The molecule has 0 saturated heterocycles. The van der Waals surface area contributed by atoms with Crippen molar-refractivity contribution < 1.29 is 14.6 Å². The molecule has 22 heavy (non-hydrogen) atoms. The molecule has 116 valence electrons. The summed E-state index contributed by atoms with van der Waals surface area (Å²) in [5.41, 5.74) is 5.56. The topological polar surface area (TPSA) is 46.5 Å². The zero-order valence-corrected chi connectivity index (χ0v) is 13.5. The van der Waals surface area contributed by atoms with Gasteiger partial charge in [0.15, 0.2) is 6.10 Å². The molecule has 2 aromatic rings. The zero-order valence-electron chi connectivity index (χ0n) is 13.5. The van der Waals surface area contributed by atoms with Crippen LogP contribution >= 0.6 is 0 Å².